The zero-order chi connectivity index (χ0) is 14.7. The van der Waals surface area contributed by atoms with E-state index in [0.29, 0.717) is 11.8 Å². The van der Waals surface area contributed by atoms with Crippen LogP contribution in [0.15, 0.2) is 45.3 Å². The Kier molecular flexibility index (Phi) is 4.31. The Bertz CT molecular complexity index is 754. The molecule has 3 rings (SSSR count). The predicted molar refractivity (Wildman–Crippen MR) is 87.2 cm³/mol. The van der Waals surface area contributed by atoms with Crippen LogP contribution in [0, 0.1) is 0 Å². The van der Waals surface area contributed by atoms with Gasteiger partial charge in [-0.1, -0.05) is 35.0 Å². The Morgan fingerprint density at radius 1 is 1.10 bits per heavy atom. The highest BCUT2D eigenvalue weighted by Gasteiger charge is 2.09. The first kappa shape index (κ1) is 14.2. The second-order valence-electron chi connectivity index (χ2n) is 4.81. The summed E-state index contributed by atoms with van der Waals surface area (Å²) >= 11 is 3.48. The van der Waals surface area contributed by atoms with E-state index in [2.05, 4.69) is 62.6 Å². The molecule has 2 aromatic carbocycles. The summed E-state index contributed by atoms with van der Waals surface area (Å²) in [6, 6.07) is 12.3. The molecule has 1 aromatic heterocycles. The molecule has 0 bridgehead atoms. The third-order valence-corrected chi connectivity index (χ3v) is 3.77. The molecule has 0 aliphatic carbocycles. The molecule has 21 heavy (non-hydrogen) atoms. The van der Waals surface area contributed by atoms with Crippen molar-refractivity contribution in [1.29, 1.82) is 0 Å². The molecule has 0 unspecified atom stereocenters. The summed E-state index contributed by atoms with van der Waals surface area (Å²) in [5, 5.41) is 13.8. The summed E-state index contributed by atoms with van der Waals surface area (Å²) < 4.78 is 6.79. The van der Waals surface area contributed by atoms with Crippen LogP contribution >= 0.6 is 15.9 Å². The largest absolute Gasteiger partial charge is 0.421 e. The van der Waals surface area contributed by atoms with Crippen LogP contribution in [0.2, 0.25) is 0 Å². The molecule has 0 atom stereocenters. The molecule has 1 N–H and O–H groups in total. The summed E-state index contributed by atoms with van der Waals surface area (Å²) in [5.41, 5.74) is 0.951. The lowest BCUT2D eigenvalue weighted by molar-refractivity contribution is 0.496. The van der Waals surface area contributed by atoms with E-state index < -0.39 is 0 Å². The van der Waals surface area contributed by atoms with Crippen LogP contribution < -0.4 is 5.32 Å². The smallest absolute Gasteiger partial charge is 0.247 e. The highest BCUT2D eigenvalue weighted by molar-refractivity contribution is 9.10. The average molecular weight is 346 g/mol. The second-order valence-corrected chi connectivity index (χ2v) is 5.73. The maximum atomic E-state index is 5.72. The van der Waals surface area contributed by atoms with E-state index in [1.807, 2.05) is 12.1 Å². The first-order chi connectivity index (χ1) is 10.3. The molecule has 0 aliphatic heterocycles. The van der Waals surface area contributed by atoms with Crippen molar-refractivity contribution in [3.63, 3.8) is 0 Å². The van der Waals surface area contributed by atoms with Gasteiger partial charge in [-0.05, 0) is 41.6 Å². The maximum Gasteiger partial charge on any atom is 0.247 e. The lowest BCUT2D eigenvalue weighted by Gasteiger charge is -2.01. The van der Waals surface area contributed by atoms with Crippen LogP contribution in [-0.2, 0) is 6.42 Å². The fourth-order valence-electron chi connectivity index (χ4n) is 2.19. The Balaban J connectivity index is 1.84. The normalized spacial score (nSPS) is 11.1. The van der Waals surface area contributed by atoms with Crippen LogP contribution in [0.25, 0.3) is 22.2 Å². The number of fused-ring (bicyclic) bond motifs is 1. The summed E-state index contributed by atoms with van der Waals surface area (Å²) in [4.78, 5) is 0. The molecule has 4 nitrogen and oxygen atoms in total. The van der Waals surface area contributed by atoms with E-state index in [1.54, 1.807) is 0 Å². The van der Waals surface area contributed by atoms with Gasteiger partial charge in [0.05, 0.1) is 0 Å². The maximum absolute atomic E-state index is 5.72. The first-order valence-electron chi connectivity index (χ1n) is 6.99. The van der Waals surface area contributed by atoms with Gasteiger partial charge >= 0.3 is 0 Å². The van der Waals surface area contributed by atoms with Crippen LogP contribution in [0.3, 0.4) is 0 Å². The SMILES string of the molecule is CCNCCc1nnc(-c2ccc3cc(Br)ccc3c2)o1. The molecular weight excluding hydrogens is 330 g/mol. The minimum atomic E-state index is 0.575. The van der Waals surface area contributed by atoms with Gasteiger partial charge in [0.1, 0.15) is 0 Å². The van der Waals surface area contributed by atoms with Gasteiger partial charge in [-0.2, -0.15) is 0 Å². The van der Waals surface area contributed by atoms with E-state index in [0.717, 1.165) is 34.9 Å². The minimum absolute atomic E-state index is 0.575. The molecule has 0 fully saturated rings. The number of halogens is 1. The van der Waals surface area contributed by atoms with E-state index in [9.17, 15) is 0 Å². The molecule has 0 aliphatic rings. The van der Waals surface area contributed by atoms with E-state index in [-0.39, 0.29) is 0 Å². The second kappa shape index (κ2) is 6.37. The van der Waals surface area contributed by atoms with Crippen molar-refractivity contribution < 1.29 is 4.42 Å². The Hall–Kier alpha value is -1.72. The molecule has 0 amide bonds. The molecule has 1 heterocycles. The highest BCUT2D eigenvalue weighted by Crippen LogP contribution is 2.25. The number of aromatic nitrogens is 2. The van der Waals surface area contributed by atoms with Crippen molar-refractivity contribution in [2.75, 3.05) is 13.1 Å². The minimum Gasteiger partial charge on any atom is -0.421 e. The van der Waals surface area contributed by atoms with Gasteiger partial charge in [0.25, 0.3) is 0 Å². The van der Waals surface area contributed by atoms with Crippen molar-refractivity contribution in [2.24, 2.45) is 0 Å². The summed E-state index contributed by atoms with van der Waals surface area (Å²) in [6.45, 7) is 3.87. The molecule has 0 saturated carbocycles. The van der Waals surface area contributed by atoms with Crippen LogP contribution in [0.5, 0.6) is 0 Å². The molecule has 5 heteroatoms. The number of hydrogen-bond donors (Lipinski definition) is 1. The van der Waals surface area contributed by atoms with Crippen LogP contribution in [-0.4, -0.2) is 23.3 Å². The van der Waals surface area contributed by atoms with Crippen molar-refractivity contribution >= 4 is 26.7 Å². The summed E-state index contributed by atoms with van der Waals surface area (Å²) in [6.07, 6.45) is 0.751. The number of nitrogens with zero attached hydrogens (tertiary/aromatic N) is 2. The zero-order valence-electron chi connectivity index (χ0n) is 11.8. The molecule has 108 valence electrons. The number of rotatable bonds is 5. The Labute approximate surface area is 131 Å². The number of likely N-dealkylation sites (N-methyl/N-ethyl adjacent to an activating group) is 1. The van der Waals surface area contributed by atoms with Gasteiger partial charge in [0.15, 0.2) is 0 Å². The van der Waals surface area contributed by atoms with Gasteiger partial charge in [0, 0.05) is 23.0 Å². The van der Waals surface area contributed by atoms with Gasteiger partial charge in [-0.15, -0.1) is 10.2 Å². The van der Waals surface area contributed by atoms with E-state index in [4.69, 9.17) is 4.42 Å². The molecule has 3 aromatic rings. The van der Waals surface area contributed by atoms with Crippen molar-refractivity contribution in [1.82, 2.24) is 15.5 Å². The topological polar surface area (TPSA) is 51.0 Å². The van der Waals surface area contributed by atoms with Crippen molar-refractivity contribution in [3.05, 3.63) is 46.8 Å². The van der Waals surface area contributed by atoms with Crippen molar-refractivity contribution in [3.8, 4) is 11.5 Å². The van der Waals surface area contributed by atoms with Crippen LogP contribution in [0.1, 0.15) is 12.8 Å². The van der Waals surface area contributed by atoms with Gasteiger partial charge in [-0.25, -0.2) is 0 Å². The third kappa shape index (κ3) is 3.31. The fraction of sp³-hybridized carbons (Fsp3) is 0.250. The Morgan fingerprint density at radius 2 is 1.90 bits per heavy atom. The van der Waals surface area contributed by atoms with E-state index in [1.165, 1.54) is 5.39 Å². The molecule has 0 radical (unpaired) electrons. The average Bonchev–Trinajstić information content (AvgIpc) is 2.96. The van der Waals surface area contributed by atoms with Gasteiger partial charge in [-0.3, -0.25) is 0 Å². The lowest BCUT2D eigenvalue weighted by Crippen LogP contribution is -2.16. The fourth-order valence-corrected chi connectivity index (χ4v) is 2.57. The zero-order valence-corrected chi connectivity index (χ0v) is 13.4. The molecule has 0 saturated heterocycles. The Morgan fingerprint density at radius 3 is 2.76 bits per heavy atom. The number of benzene rings is 2. The number of hydrogen-bond acceptors (Lipinski definition) is 4. The summed E-state index contributed by atoms with van der Waals surface area (Å²) in [7, 11) is 0. The predicted octanol–water partition coefficient (Wildman–Crippen LogP) is 3.80. The van der Waals surface area contributed by atoms with Gasteiger partial charge in [0.2, 0.25) is 11.8 Å². The van der Waals surface area contributed by atoms with Crippen molar-refractivity contribution in [2.45, 2.75) is 13.3 Å². The monoisotopic (exact) mass is 345 g/mol. The van der Waals surface area contributed by atoms with Crippen LogP contribution in [0.4, 0.5) is 0 Å². The first-order valence-corrected chi connectivity index (χ1v) is 7.78. The van der Waals surface area contributed by atoms with Gasteiger partial charge < -0.3 is 9.73 Å². The lowest BCUT2D eigenvalue weighted by atomic mass is 10.1. The van der Waals surface area contributed by atoms with E-state index >= 15 is 0 Å². The molecule has 0 spiro atoms. The summed E-state index contributed by atoms with van der Waals surface area (Å²) in [5.74, 6) is 1.24. The number of nitrogens with one attached hydrogen (secondary N) is 1. The highest BCUT2D eigenvalue weighted by atomic mass is 79.9. The standard InChI is InChI=1S/C16H16BrN3O/c1-2-18-8-7-15-19-20-16(21-15)13-4-3-12-10-14(17)6-5-11(12)9-13/h3-6,9-10,18H,2,7-8H2,1H3. The quantitative estimate of drug-likeness (QED) is 0.714. The molecular formula is C16H16BrN3O. The third-order valence-electron chi connectivity index (χ3n) is 3.28.